The van der Waals surface area contributed by atoms with E-state index in [-0.39, 0.29) is 10.8 Å². The van der Waals surface area contributed by atoms with Crippen molar-refractivity contribution < 1.29 is 17.9 Å². The Morgan fingerprint density at radius 2 is 1.73 bits per heavy atom. The highest BCUT2D eigenvalue weighted by Crippen LogP contribution is 2.21. The fourth-order valence-corrected chi connectivity index (χ4v) is 4.01. The molecule has 0 radical (unpaired) electrons. The Morgan fingerprint density at radius 1 is 1.04 bits per heavy atom. The Bertz CT molecular complexity index is 873. The maximum absolute atomic E-state index is 12.6. The fourth-order valence-electron chi connectivity index (χ4n) is 2.96. The van der Waals surface area contributed by atoms with Gasteiger partial charge in [-0.25, -0.2) is 8.42 Å². The van der Waals surface area contributed by atoms with Crippen LogP contribution in [-0.4, -0.2) is 39.4 Å². The number of amides is 1. The Balaban J connectivity index is 1.77. The van der Waals surface area contributed by atoms with Crippen LogP contribution in [0.5, 0.6) is 5.75 Å². The molecule has 1 heterocycles. The topological polar surface area (TPSA) is 75.7 Å². The molecule has 2 aromatic rings. The van der Waals surface area contributed by atoms with Crippen LogP contribution in [0.15, 0.2) is 53.4 Å². The number of methoxy groups -OCH3 is 1. The zero-order chi connectivity index (χ0) is 18.6. The van der Waals surface area contributed by atoms with Crippen LogP contribution in [0.1, 0.15) is 29.6 Å². The number of hydrogen-bond acceptors (Lipinski definition) is 4. The summed E-state index contributed by atoms with van der Waals surface area (Å²) < 4.78 is 32.6. The van der Waals surface area contributed by atoms with Gasteiger partial charge in [-0.05, 0) is 61.7 Å². The van der Waals surface area contributed by atoms with Gasteiger partial charge in [-0.15, -0.1) is 0 Å². The first-order valence-corrected chi connectivity index (χ1v) is 10.0. The summed E-state index contributed by atoms with van der Waals surface area (Å²) in [5, 5.41) is 0. The second kappa shape index (κ2) is 7.78. The summed E-state index contributed by atoms with van der Waals surface area (Å²) in [5.41, 5.74) is 0.852. The summed E-state index contributed by atoms with van der Waals surface area (Å²) in [6.45, 7) is 1.50. The van der Waals surface area contributed by atoms with Crippen molar-refractivity contribution in [2.45, 2.75) is 24.2 Å². The van der Waals surface area contributed by atoms with Gasteiger partial charge in [0.25, 0.3) is 15.9 Å². The third kappa shape index (κ3) is 4.16. The van der Waals surface area contributed by atoms with E-state index in [1.165, 1.54) is 19.2 Å². The lowest BCUT2D eigenvalue weighted by Gasteiger charge is -2.26. The zero-order valence-electron chi connectivity index (χ0n) is 14.6. The van der Waals surface area contributed by atoms with Gasteiger partial charge in [0.2, 0.25) is 0 Å². The number of carbonyl (C=O) groups excluding carboxylic acids is 1. The summed E-state index contributed by atoms with van der Waals surface area (Å²) >= 11 is 0. The van der Waals surface area contributed by atoms with Crippen LogP contribution in [0.3, 0.4) is 0 Å². The minimum Gasteiger partial charge on any atom is -0.497 e. The number of nitrogens with zero attached hydrogens (tertiary/aromatic N) is 1. The quantitative estimate of drug-likeness (QED) is 0.872. The van der Waals surface area contributed by atoms with Gasteiger partial charge in [0, 0.05) is 24.3 Å². The molecule has 3 rings (SSSR count). The van der Waals surface area contributed by atoms with Crippen molar-refractivity contribution in [2.75, 3.05) is 24.9 Å². The van der Waals surface area contributed by atoms with E-state index >= 15 is 0 Å². The lowest BCUT2D eigenvalue weighted by molar-refractivity contribution is 0.0724. The molecule has 0 atom stereocenters. The number of piperidine rings is 1. The number of carbonyl (C=O) groups is 1. The average Bonchev–Trinajstić information content (AvgIpc) is 2.68. The van der Waals surface area contributed by atoms with E-state index in [0.29, 0.717) is 17.0 Å². The van der Waals surface area contributed by atoms with E-state index in [4.69, 9.17) is 4.74 Å². The lowest BCUT2D eigenvalue weighted by Crippen LogP contribution is -2.35. The van der Waals surface area contributed by atoms with Crippen LogP contribution in [0, 0.1) is 0 Å². The molecule has 1 aliphatic heterocycles. The highest BCUT2D eigenvalue weighted by molar-refractivity contribution is 7.92. The van der Waals surface area contributed by atoms with Crippen molar-refractivity contribution in [1.29, 1.82) is 0 Å². The highest BCUT2D eigenvalue weighted by atomic mass is 32.2. The molecule has 1 fully saturated rings. The first-order chi connectivity index (χ1) is 12.5. The summed E-state index contributed by atoms with van der Waals surface area (Å²) in [5.74, 6) is 0.522. The van der Waals surface area contributed by atoms with Gasteiger partial charge in [-0.3, -0.25) is 9.52 Å². The van der Waals surface area contributed by atoms with Gasteiger partial charge < -0.3 is 9.64 Å². The first-order valence-electron chi connectivity index (χ1n) is 8.56. The third-order valence-electron chi connectivity index (χ3n) is 4.37. The number of hydrogen-bond donors (Lipinski definition) is 1. The van der Waals surface area contributed by atoms with Gasteiger partial charge in [-0.2, -0.15) is 0 Å². The molecule has 0 aromatic heterocycles. The van der Waals surface area contributed by atoms with Crippen molar-refractivity contribution in [3.8, 4) is 5.75 Å². The number of nitrogens with one attached hydrogen (secondary N) is 1. The number of rotatable bonds is 5. The Hall–Kier alpha value is -2.54. The smallest absolute Gasteiger partial charge is 0.261 e. The molecule has 1 N–H and O–H groups in total. The normalized spacial score (nSPS) is 14.7. The van der Waals surface area contributed by atoms with Gasteiger partial charge in [0.1, 0.15) is 5.75 Å². The van der Waals surface area contributed by atoms with Gasteiger partial charge >= 0.3 is 0 Å². The summed E-state index contributed by atoms with van der Waals surface area (Å²) in [6.07, 6.45) is 3.16. The van der Waals surface area contributed by atoms with Crippen LogP contribution in [0.4, 0.5) is 5.69 Å². The first kappa shape index (κ1) is 18.3. The molecule has 1 saturated heterocycles. The van der Waals surface area contributed by atoms with Crippen molar-refractivity contribution in [3.63, 3.8) is 0 Å². The number of likely N-dealkylation sites (tertiary alicyclic amines) is 1. The molecule has 6 nitrogen and oxygen atoms in total. The fraction of sp³-hybridized carbons (Fsp3) is 0.316. The summed E-state index contributed by atoms with van der Waals surface area (Å²) in [6, 6.07) is 12.7. The number of anilines is 1. The SMILES string of the molecule is COc1ccc(S(=O)(=O)Nc2cccc(C(=O)N3CCCCC3)c2)cc1. The minimum atomic E-state index is -3.74. The monoisotopic (exact) mass is 374 g/mol. The van der Waals surface area contributed by atoms with E-state index in [1.807, 2.05) is 4.90 Å². The predicted molar refractivity (Wildman–Crippen MR) is 100.0 cm³/mol. The van der Waals surface area contributed by atoms with Crippen LogP contribution >= 0.6 is 0 Å². The molecular formula is C19H22N2O4S. The maximum atomic E-state index is 12.6. The summed E-state index contributed by atoms with van der Waals surface area (Å²) in [4.78, 5) is 14.5. The maximum Gasteiger partial charge on any atom is 0.261 e. The van der Waals surface area contributed by atoms with E-state index in [1.54, 1.807) is 36.4 Å². The molecular weight excluding hydrogens is 352 g/mol. The van der Waals surface area contributed by atoms with Crippen LogP contribution in [-0.2, 0) is 10.0 Å². The molecule has 1 amide bonds. The third-order valence-corrected chi connectivity index (χ3v) is 5.77. The molecule has 26 heavy (non-hydrogen) atoms. The van der Waals surface area contributed by atoms with Crippen molar-refractivity contribution in [3.05, 3.63) is 54.1 Å². The van der Waals surface area contributed by atoms with Crippen molar-refractivity contribution in [2.24, 2.45) is 0 Å². The van der Waals surface area contributed by atoms with Crippen LogP contribution in [0.25, 0.3) is 0 Å². The van der Waals surface area contributed by atoms with E-state index in [2.05, 4.69) is 4.72 Å². The Morgan fingerprint density at radius 3 is 2.38 bits per heavy atom. The van der Waals surface area contributed by atoms with E-state index < -0.39 is 10.0 Å². The van der Waals surface area contributed by atoms with E-state index in [9.17, 15) is 13.2 Å². The predicted octanol–water partition coefficient (Wildman–Crippen LogP) is 3.12. The summed E-state index contributed by atoms with van der Waals surface area (Å²) in [7, 11) is -2.22. The standard InChI is InChI=1S/C19H22N2O4S/c1-25-17-8-10-18(11-9-17)26(23,24)20-16-7-5-6-15(14-16)19(22)21-12-3-2-4-13-21/h5-11,14,20H,2-4,12-13H2,1H3. The molecule has 0 spiro atoms. The minimum absolute atomic E-state index is 0.0600. The number of benzene rings is 2. The number of sulfonamides is 1. The highest BCUT2D eigenvalue weighted by Gasteiger charge is 2.19. The molecule has 2 aromatic carbocycles. The molecule has 138 valence electrons. The van der Waals surface area contributed by atoms with Gasteiger partial charge in [-0.1, -0.05) is 6.07 Å². The van der Waals surface area contributed by atoms with Gasteiger partial charge in [0.05, 0.1) is 12.0 Å². The molecule has 0 unspecified atom stereocenters. The average molecular weight is 374 g/mol. The van der Waals surface area contributed by atoms with Gasteiger partial charge in [0.15, 0.2) is 0 Å². The molecule has 1 aliphatic rings. The van der Waals surface area contributed by atoms with E-state index in [0.717, 1.165) is 32.4 Å². The second-order valence-electron chi connectivity index (χ2n) is 6.21. The molecule has 0 aliphatic carbocycles. The van der Waals surface area contributed by atoms with Crippen LogP contribution in [0.2, 0.25) is 0 Å². The Kier molecular flexibility index (Phi) is 5.46. The van der Waals surface area contributed by atoms with Crippen molar-refractivity contribution in [1.82, 2.24) is 4.90 Å². The lowest BCUT2D eigenvalue weighted by atomic mass is 10.1. The second-order valence-corrected chi connectivity index (χ2v) is 7.90. The molecule has 0 saturated carbocycles. The van der Waals surface area contributed by atoms with Crippen molar-refractivity contribution >= 4 is 21.6 Å². The van der Waals surface area contributed by atoms with Crippen LogP contribution < -0.4 is 9.46 Å². The zero-order valence-corrected chi connectivity index (χ0v) is 15.5. The molecule has 0 bridgehead atoms. The molecule has 7 heteroatoms. The Labute approximate surface area is 153 Å². The largest absolute Gasteiger partial charge is 0.497 e. The number of ether oxygens (including phenoxy) is 1.